The van der Waals surface area contributed by atoms with Gasteiger partial charge in [-0.1, -0.05) is 0 Å². The Hall–Kier alpha value is 0.220. The second-order valence-corrected chi connectivity index (χ2v) is 3.75. The van der Waals surface area contributed by atoms with Crippen molar-refractivity contribution in [1.29, 1.82) is 0 Å². The first-order chi connectivity index (χ1) is 7.16. The molecule has 0 saturated carbocycles. The molecule has 1 unspecified atom stereocenters. The van der Waals surface area contributed by atoms with E-state index in [4.69, 9.17) is 16.6 Å². The molecule has 0 aromatic rings. The lowest BCUT2D eigenvalue weighted by Gasteiger charge is -2.09. The molecule has 18 heavy (non-hydrogen) atoms. The molecule has 0 aromatic heterocycles. The number of carboxylic acid groups (broad SMARTS) is 1. The summed E-state index contributed by atoms with van der Waals surface area (Å²) in [5.74, 6) is -0.821. The van der Waals surface area contributed by atoms with Crippen LogP contribution in [-0.2, 0) is 4.79 Å². The van der Waals surface area contributed by atoms with Crippen molar-refractivity contribution in [3.05, 3.63) is 0 Å². The molecule has 0 bridgehead atoms. The van der Waals surface area contributed by atoms with Crippen LogP contribution in [0, 0.1) is 0 Å². The Labute approximate surface area is 128 Å². The predicted molar refractivity (Wildman–Crippen MR) is 82.4 cm³/mol. The van der Waals surface area contributed by atoms with Crippen LogP contribution in [0.4, 0.5) is 0 Å². The van der Waals surface area contributed by atoms with Crippen molar-refractivity contribution in [3.63, 3.8) is 0 Å². The van der Waals surface area contributed by atoms with Gasteiger partial charge in [-0.2, -0.15) is 0 Å². The van der Waals surface area contributed by atoms with E-state index in [0.717, 1.165) is 45.3 Å². The van der Waals surface area contributed by atoms with Gasteiger partial charge < -0.3 is 21.9 Å². The Morgan fingerprint density at radius 2 is 1.67 bits per heavy atom. The third-order valence-corrected chi connectivity index (χ3v) is 2.17. The zero-order chi connectivity index (χ0) is 11.5. The van der Waals surface area contributed by atoms with E-state index < -0.39 is 5.97 Å². The standard InChI is InChI=1S/C10H23N3O2.3ClH/c11-5-1-2-6-13-7-3-4-9(12)8-10(14)15;;;/h9,13H,1-8,11-12H2,(H,14,15);3*1H. The second kappa shape index (κ2) is 19.6. The molecular weight excluding hydrogens is 300 g/mol. The Bertz CT molecular complexity index is 176. The largest absolute Gasteiger partial charge is 0.481 e. The molecule has 0 aliphatic heterocycles. The number of nitrogens with two attached hydrogens (primary N) is 2. The van der Waals surface area contributed by atoms with Crippen molar-refractivity contribution in [2.45, 2.75) is 38.1 Å². The predicted octanol–water partition coefficient (Wildman–Crippen LogP) is 1.16. The Balaban J connectivity index is -0.000000327. The lowest BCUT2D eigenvalue weighted by molar-refractivity contribution is -0.137. The molecule has 6 N–H and O–H groups in total. The summed E-state index contributed by atoms with van der Waals surface area (Å²) < 4.78 is 0. The van der Waals surface area contributed by atoms with Crippen molar-refractivity contribution in [2.75, 3.05) is 19.6 Å². The Kier molecular flexibility index (Phi) is 29.0. The fourth-order valence-electron chi connectivity index (χ4n) is 1.33. The van der Waals surface area contributed by atoms with Crippen LogP contribution in [-0.4, -0.2) is 36.8 Å². The van der Waals surface area contributed by atoms with E-state index in [1.54, 1.807) is 0 Å². The van der Waals surface area contributed by atoms with Crippen LogP contribution in [0.25, 0.3) is 0 Å². The molecular formula is C10H26Cl3N3O2. The number of nitrogens with one attached hydrogen (secondary N) is 1. The van der Waals surface area contributed by atoms with Gasteiger partial charge in [0.1, 0.15) is 0 Å². The normalized spacial score (nSPS) is 10.6. The summed E-state index contributed by atoms with van der Waals surface area (Å²) in [6, 6.07) is -0.214. The topological polar surface area (TPSA) is 101 Å². The summed E-state index contributed by atoms with van der Waals surface area (Å²) in [5.41, 5.74) is 11.0. The smallest absolute Gasteiger partial charge is 0.304 e. The number of aliphatic carboxylic acids is 1. The second-order valence-electron chi connectivity index (χ2n) is 3.75. The van der Waals surface area contributed by atoms with E-state index in [9.17, 15) is 4.79 Å². The van der Waals surface area contributed by atoms with Crippen LogP contribution in [0.3, 0.4) is 0 Å². The minimum absolute atomic E-state index is 0. The molecule has 0 amide bonds. The maximum Gasteiger partial charge on any atom is 0.304 e. The molecule has 8 heteroatoms. The molecule has 114 valence electrons. The summed E-state index contributed by atoms with van der Waals surface area (Å²) in [4.78, 5) is 10.3. The van der Waals surface area contributed by atoms with Gasteiger partial charge in [0.2, 0.25) is 0 Å². The molecule has 0 saturated heterocycles. The van der Waals surface area contributed by atoms with Gasteiger partial charge in [0, 0.05) is 6.04 Å². The van der Waals surface area contributed by atoms with Gasteiger partial charge >= 0.3 is 5.97 Å². The van der Waals surface area contributed by atoms with Crippen molar-refractivity contribution in [3.8, 4) is 0 Å². The van der Waals surface area contributed by atoms with Crippen LogP contribution in [0.5, 0.6) is 0 Å². The number of unbranched alkanes of at least 4 members (excludes halogenated alkanes) is 1. The number of rotatable bonds is 10. The first-order valence-corrected chi connectivity index (χ1v) is 5.55. The molecule has 0 rings (SSSR count). The number of hydrogen-bond donors (Lipinski definition) is 4. The number of carbonyl (C=O) groups is 1. The zero-order valence-corrected chi connectivity index (χ0v) is 12.9. The third-order valence-electron chi connectivity index (χ3n) is 2.17. The quantitative estimate of drug-likeness (QED) is 0.451. The first kappa shape index (κ1) is 26.7. The lowest BCUT2D eigenvalue weighted by atomic mass is 10.1. The highest BCUT2D eigenvalue weighted by molar-refractivity contribution is 5.86. The summed E-state index contributed by atoms with van der Waals surface area (Å²) in [5, 5.41) is 11.7. The van der Waals surface area contributed by atoms with Gasteiger partial charge in [-0.15, -0.1) is 37.2 Å². The van der Waals surface area contributed by atoms with E-state index in [0.29, 0.717) is 0 Å². The van der Waals surface area contributed by atoms with Crippen molar-refractivity contribution in [1.82, 2.24) is 5.32 Å². The fraction of sp³-hybridized carbons (Fsp3) is 0.900. The average Bonchev–Trinajstić information content (AvgIpc) is 2.15. The van der Waals surface area contributed by atoms with E-state index in [2.05, 4.69) is 5.32 Å². The minimum Gasteiger partial charge on any atom is -0.481 e. The first-order valence-electron chi connectivity index (χ1n) is 5.55. The molecule has 0 aliphatic carbocycles. The average molecular weight is 327 g/mol. The summed E-state index contributed by atoms with van der Waals surface area (Å²) in [6.45, 7) is 2.62. The molecule has 0 spiro atoms. The van der Waals surface area contributed by atoms with Gasteiger partial charge in [-0.25, -0.2) is 0 Å². The van der Waals surface area contributed by atoms with Crippen molar-refractivity contribution >= 4 is 43.2 Å². The highest BCUT2D eigenvalue weighted by Gasteiger charge is 2.06. The van der Waals surface area contributed by atoms with Crippen LogP contribution in [0.2, 0.25) is 0 Å². The maximum atomic E-state index is 10.3. The van der Waals surface area contributed by atoms with E-state index in [-0.39, 0.29) is 49.7 Å². The summed E-state index contributed by atoms with van der Waals surface area (Å²) in [6.07, 6.45) is 3.89. The van der Waals surface area contributed by atoms with E-state index in [1.807, 2.05) is 0 Å². The molecule has 0 radical (unpaired) electrons. The molecule has 5 nitrogen and oxygen atoms in total. The van der Waals surface area contributed by atoms with Crippen LogP contribution in [0.1, 0.15) is 32.1 Å². The number of carboxylic acids is 1. The molecule has 0 heterocycles. The van der Waals surface area contributed by atoms with Crippen LogP contribution < -0.4 is 16.8 Å². The highest BCUT2D eigenvalue weighted by Crippen LogP contribution is 1.98. The third kappa shape index (κ3) is 21.5. The molecule has 0 aliphatic rings. The zero-order valence-electron chi connectivity index (χ0n) is 10.5. The van der Waals surface area contributed by atoms with Gasteiger partial charge in [0.25, 0.3) is 0 Å². The van der Waals surface area contributed by atoms with Gasteiger partial charge in [-0.05, 0) is 45.3 Å². The Morgan fingerprint density at radius 3 is 2.17 bits per heavy atom. The SMILES string of the molecule is Cl.Cl.Cl.NCCCCNCCCC(N)CC(=O)O. The number of halogens is 3. The van der Waals surface area contributed by atoms with Gasteiger partial charge in [-0.3, -0.25) is 4.79 Å². The fourth-order valence-corrected chi connectivity index (χ4v) is 1.33. The van der Waals surface area contributed by atoms with Crippen molar-refractivity contribution in [2.24, 2.45) is 11.5 Å². The van der Waals surface area contributed by atoms with Crippen molar-refractivity contribution < 1.29 is 9.90 Å². The Morgan fingerprint density at radius 1 is 1.11 bits per heavy atom. The summed E-state index contributed by atoms with van der Waals surface area (Å²) in [7, 11) is 0. The van der Waals surface area contributed by atoms with E-state index in [1.165, 1.54) is 0 Å². The monoisotopic (exact) mass is 325 g/mol. The van der Waals surface area contributed by atoms with Gasteiger partial charge in [0.05, 0.1) is 6.42 Å². The molecule has 0 fully saturated rings. The minimum atomic E-state index is -0.821. The van der Waals surface area contributed by atoms with Crippen LogP contribution >= 0.6 is 37.2 Å². The maximum absolute atomic E-state index is 10.3. The van der Waals surface area contributed by atoms with Gasteiger partial charge in [0.15, 0.2) is 0 Å². The molecule has 1 atom stereocenters. The molecule has 0 aromatic carbocycles. The number of hydrogen-bond acceptors (Lipinski definition) is 4. The van der Waals surface area contributed by atoms with Crippen LogP contribution in [0.15, 0.2) is 0 Å². The summed E-state index contributed by atoms with van der Waals surface area (Å²) >= 11 is 0. The highest BCUT2D eigenvalue weighted by atomic mass is 35.5. The lowest BCUT2D eigenvalue weighted by Crippen LogP contribution is -2.25. The van der Waals surface area contributed by atoms with E-state index >= 15 is 0 Å².